The summed E-state index contributed by atoms with van der Waals surface area (Å²) in [6, 6.07) is 7.63. The zero-order chi connectivity index (χ0) is 40.6. The Balaban J connectivity index is 0.748. The van der Waals surface area contributed by atoms with Gasteiger partial charge in [0.1, 0.15) is 17.1 Å². The maximum absolute atomic E-state index is 14.3. The van der Waals surface area contributed by atoms with Crippen LogP contribution in [0.25, 0.3) is 16.6 Å². The standard InChI is InChI=1S/C41H48F2N10O6/c1-2-57-36(55)18-32-30-5-3-4-25(38(30)59-49-32)16-35(54)45-26-10-13-50(14-11-26)20-24-6-8-27(9-7-24)53-22-33(37(48-53)39(42)43)46-41(56)31-19-44-52-15-12-34(47-40(31)52)51-21-29-17-28(51)23-58-29/h3-5,12,15,19,22,24,26-29,39H,2,6-11,13-14,16-18,20-21,23H2,1H3,(H,45,54)(H,46,56)/t24?,27?,28-,29-/m1/s1. The average Bonchev–Trinajstić information content (AvgIpc) is 4.09. The number of halogens is 2. The van der Waals surface area contributed by atoms with Gasteiger partial charge in [-0.2, -0.15) is 10.2 Å². The molecule has 2 bridgehead atoms. The number of hydrogen-bond donors (Lipinski definition) is 2. The molecule has 4 aliphatic rings. The quantitative estimate of drug-likeness (QED) is 0.154. The molecule has 9 rings (SSSR count). The minimum Gasteiger partial charge on any atom is -0.466 e. The number of para-hydroxylation sites is 1. The van der Waals surface area contributed by atoms with E-state index in [9.17, 15) is 23.2 Å². The van der Waals surface area contributed by atoms with E-state index in [0.29, 0.717) is 40.4 Å². The van der Waals surface area contributed by atoms with Gasteiger partial charge in [0.25, 0.3) is 12.3 Å². The highest BCUT2D eigenvalue weighted by Crippen LogP contribution is 2.36. The van der Waals surface area contributed by atoms with Crippen molar-refractivity contribution in [1.29, 1.82) is 0 Å². The van der Waals surface area contributed by atoms with Crippen LogP contribution in [0.1, 0.15) is 91.6 Å². The van der Waals surface area contributed by atoms with Crippen LogP contribution in [0.5, 0.6) is 0 Å². The second-order valence-electron chi connectivity index (χ2n) is 16.2. The van der Waals surface area contributed by atoms with Crippen LogP contribution in [0, 0.1) is 5.92 Å². The molecule has 2 amide bonds. The summed E-state index contributed by atoms with van der Waals surface area (Å²) in [5, 5.41) is 19.2. The van der Waals surface area contributed by atoms with E-state index in [1.807, 2.05) is 24.3 Å². The molecule has 1 saturated carbocycles. The smallest absolute Gasteiger partial charge is 0.312 e. The molecule has 2 atom stereocenters. The Morgan fingerprint density at radius 1 is 1.03 bits per heavy atom. The van der Waals surface area contributed by atoms with Crippen molar-refractivity contribution in [2.24, 2.45) is 5.92 Å². The van der Waals surface area contributed by atoms with Crippen LogP contribution in [0.15, 0.2) is 47.4 Å². The first kappa shape index (κ1) is 39.0. The molecule has 0 spiro atoms. The van der Waals surface area contributed by atoms with Gasteiger partial charge in [0, 0.05) is 55.6 Å². The van der Waals surface area contributed by atoms with Crippen molar-refractivity contribution < 1.29 is 37.2 Å². The third-order valence-corrected chi connectivity index (χ3v) is 12.3. The minimum atomic E-state index is -2.86. The summed E-state index contributed by atoms with van der Waals surface area (Å²) >= 11 is 0. The second kappa shape index (κ2) is 16.6. The number of nitrogens with zero attached hydrogens (tertiary/aromatic N) is 8. The topological polar surface area (TPSA) is 174 Å². The minimum absolute atomic E-state index is 0.00733. The molecule has 18 heteroatoms. The summed E-state index contributed by atoms with van der Waals surface area (Å²) < 4.78 is 47.9. The van der Waals surface area contributed by atoms with E-state index in [-0.39, 0.29) is 66.8 Å². The lowest BCUT2D eigenvalue weighted by Crippen LogP contribution is -2.46. The molecule has 4 aromatic heterocycles. The molecular weight excluding hydrogens is 767 g/mol. The summed E-state index contributed by atoms with van der Waals surface area (Å²) in [4.78, 5) is 47.9. The number of amides is 2. The molecule has 0 unspecified atom stereocenters. The second-order valence-corrected chi connectivity index (χ2v) is 16.2. The van der Waals surface area contributed by atoms with Crippen LogP contribution in [0.3, 0.4) is 0 Å². The van der Waals surface area contributed by atoms with Crippen molar-refractivity contribution in [3.05, 3.63) is 65.4 Å². The summed E-state index contributed by atoms with van der Waals surface area (Å²) in [6.45, 7) is 6.11. The fourth-order valence-electron chi connectivity index (χ4n) is 9.25. The summed E-state index contributed by atoms with van der Waals surface area (Å²) in [7, 11) is 0. The zero-order valence-electron chi connectivity index (χ0n) is 32.9. The first-order valence-electron chi connectivity index (χ1n) is 20.6. The first-order valence-corrected chi connectivity index (χ1v) is 20.6. The van der Waals surface area contributed by atoms with E-state index in [1.54, 1.807) is 17.8 Å². The van der Waals surface area contributed by atoms with Gasteiger partial charge in [0.15, 0.2) is 16.9 Å². The molecule has 3 aliphatic heterocycles. The molecule has 4 fully saturated rings. The summed E-state index contributed by atoms with van der Waals surface area (Å²) in [5.74, 6) is 0.157. The number of anilines is 2. The number of aromatic nitrogens is 6. The van der Waals surface area contributed by atoms with E-state index in [1.165, 1.54) is 16.9 Å². The van der Waals surface area contributed by atoms with Crippen LogP contribution in [0.2, 0.25) is 0 Å². The normalized spacial score (nSPS) is 22.5. The number of nitrogens with one attached hydrogen (secondary N) is 2. The van der Waals surface area contributed by atoms with Gasteiger partial charge in [-0.1, -0.05) is 17.3 Å². The van der Waals surface area contributed by atoms with Gasteiger partial charge < -0.3 is 34.4 Å². The van der Waals surface area contributed by atoms with Crippen molar-refractivity contribution in [2.45, 2.75) is 95.4 Å². The molecule has 1 aliphatic carbocycles. The Labute approximate surface area is 338 Å². The molecule has 312 valence electrons. The predicted molar refractivity (Wildman–Crippen MR) is 210 cm³/mol. The number of esters is 1. The SMILES string of the molecule is CCOC(=O)Cc1noc2c(CC(=O)NC3CCN(CC4CCC(n5cc(NC(=O)c6cnn7ccc(N8C[C@H]9C[C@@H]8CO9)nc67)c(C(F)F)n5)CC4)CC3)cccc12. The third kappa shape index (κ3) is 8.24. The number of hydrogen-bond acceptors (Lipinski definition) is 12. The van der Waals surface area contributed by atoms with Crippen molar-refractivity contribution >= 4 is 45.9 Å². The fourth-order valence-corrected chi connectivity index (χ4v) is 9.25. The molecule has 7 heterocycles. The monoisotopic (exact) mass is 814 g/mol. The number of ether oxygens (including phenoxy) is 2. The highest BCUT2D eigenvalue weighted by molar-refractivity contribution is 6.08. The maximum atomic E-state index is 14.3. The predicted octanol–water partition coefficient (Wildman–Crippen LogP) is 4.89. The number of rotatable bonds is 13. The number of likely N-dealkylation sites (tertiary alicyclic amines) is 1. The Hall–Kier alpha value is -5.49. The van der Waals surface area contributed by atoms with Gasteiger partial charge in [0.2, 0.25) is 5.91 Å². The van der Waals surface area contributed by atoms with Gasteiger partial charge in [-0.05, 0) is 69.9 Å². The molecule has 0 radical (unpaired) electrons. The molecule has 59 heavy (non-hydrogen) atoms. The Kier molecular flexibility index (Phi) is 11.0. The Morgan fingerprint density at radius 3 is 2.61 bits per heavy atom. The van der Waals surface area contributed by atoms with Gasteiger partial charge in [-0.3, -0.25) is 19.1 Å². The van der Waals surface area contributed by atoms with Gasteiger partial charge in [-0.25, -0.2) is 18.3 Å². The number of carbonyl (C=O) groups is 3. The van der Waals surface area contributed by atoms with E-state index in [4.69, 9.17) is 19.0 Å². The first-order chi connectivity index (χ1) is 28.7. The van der Waals surface area contributed by atoms with E-state index >= 15 is 0 Å². The highest BCUT2D eigenvalue weighted by Gasteiger charge is 2.40. The maximum Gasteiger partial charge on any atom is 0.312 e. The lowest BCUT2D eigenvalue weighted by Gasteiger charge is -2.36. The van der Waals surface area contributed by atoms with Crippen molar-refractivity contribution in [1.82, 2.24) is 39.8 Å². The number of benzene rings is 1. The fraction of sp³-hybridized carbons (Fsp3) is 0.537. The van der Waals surface area contributed by atoms with E-state index in [0.717, 1.165) is 76.9 Å². The molecule has 2 N–H and O–H groups in total. The van der Waals surface area contributed by atoms with Crippen LogP contribution in [-0.2, 0) is 31.9 Å². The lowest BCUT2D eigenvalue weighted by atomic mass is 9.85. The molecule has 16 nitrogen and oxygen atoms in total. The van der Waals surface area contributed by atoms with E-state index < -0.39 is 18.0 Å². The molecule has 5 aromatic rings. The van der Waals surface area contributed by atoms with Crippen LogP contribution < -0.4 is 15.5 Å². The van der Waals surface area contributed by atoms with Gasteiger partial charge >= 0.3 is 5.97 Å². The molecule has 1 aromatic carbocycles. The van der Waals surface area contributed by atoms with Crippen LogP contribution >= 0.6 is 0 Å². The zero-order valence-corrected chi connectivity index (χ0v) is 32.9. The van der Waals surface area contributed by atoms with Crippen molar-refractivity contribution in [3.63, 3.8) is 0 Å². The summed E-state index contributed by atoms with van der Waals surface area (Å²) in [6.07, 6.45) is 8.24. The lowest BCUT2D eigenvalue weighted by molar-refractivity contribution is -0.142. The van der Waals surface area contributed by atoms with Crippen molar-refractivity contribution in [2.75, 3.05) is 49.6 Å². The van der Waals surface area contributed by atoms with Crippen LogP contribution in [-0.4, -0.2) is 110 Å². The molecular formula is C41H48F2N10O6. The van der Waals surface area contributed by atoms with Gasteiger partial charge in [-0.15, -0.1) is 0 Å². The molecule has 3 saturated heterocycles. The van der Waals surface area contributed by atoms with Crippen molar-refractivity contribution in [3.8, 4) is 0 Å². The Morgan fingerprint density at radius 2 is 1.86 bits per heavy atom. The number of alkyl halides is 2. The number of piperidine rings is 1. The number of carbonyl (C=O) groups excluding carboxylic acids is 3. The van der Waals surface area contributed by atoms with Gasteiger partial charge in [0.05, 0.1) is 56.1 Å². The Bertz CT molecular complexity index is 2330. The number of fused-ring (bicyclic) bond motifs is 4. The largest absolute Gasteiger partial charge is 0.466 e. The third-order valence-electron chi connectivity index (χ3n) is 12.3. The van der Waals surface area contributed by atoms with Crippen LogP contribution in [0.4, 0.5) is 20.3 Å². The average molecular weight is 815 g/mol. The number of morpholine rings is 1. The summed E-state index contributed by atoms with van der Waals surface area (Å²) in [5.41, 5.74) is 1.79. The van der Waals surface area contributed by atoms with E-state index in [2.05, 4.69) is 35.8 Å². The highest BCUT2D eigenvalue weighted by atomic mass is 19.3.